The Morgan fingerprint density at radius 1 is 1.15 bits per heavy atom. The Morgan fingerprint density at radius 3 is 2.38 bits per heavy atom. The fraction of sp³-hybridized carbons (Fsp3) is 0.120. The SMILES string of the molecule is C=CC(=O)Cc1cccc(F)c1Nc1ccc(/C(F)=C/c2c(Cl)c(OC)cc(OC)c2Cl)cn1. The van der Waals surface area contributed by atoms with E-state index in [9.17, 15) is 9.18 Å². The number of anilines is 2. The van der Waals surface area contributed by atoms with Crippen molar-refractivity contribution in [3.8, 4) is 11.5 Å². The predicted molar refractivity (Wildman–Crippen MR) is 131 cm³/mol. The Hall–Kier alpha value is -3.42. The van der Waals surface area contributed by atoms with E-state index in [0.717, 1.165) is 6.08 Å². The van der Waals surface area contributed by atoms with Gasteiger partial charge in [-0.05, 0) is 35.9 Å². The Bertz CT molecular complexity index is 1230. The number of hydrogen-bond acceptors (Lipinski definition) is 5. The van der Waals surface area contributed by atoms with Crippen LogP contribution >= 0.6 is 23.2 Å². The molecule has 9 heteroatoms. The summed E-state index contributed by atoms with van der Waals surface area (Å²) in [4.78, 5) is 15.9. The van der Waals surface area contributed by atoms with Crippen molar-refractivity contribution in [1.82, 2.24) is 4.98 Å². The van der Waals surface area contributed by atoms with Crippen molar-refractivity contribution in [2.24, 2.45) is 0 Å². The molecule has 1 N–H and O–H groups in total. The molecule has 0 saturated carbocycles. The van der Waals surface area contributed by atoms with Crippen LogP contribution in [0.2, 0.25) is 10.0 Å². The predicted octanol–water partition coefficient (Wildman–Crippen LogP) is 7.05. The number of pyridine rings is 1. The third-order valence-electron chi connectivity index (χ3n) is 4.86. The number of allylic oxidation sites excluding steroid dienone is 1. The van der Waals surface area contributed by atoms with Gasteiger partial charge in [0.05, 0.1) is 30.0 Å². The summed E-state index contributed by atoms with van der Waals surface area (Å²) in [6.45, 7) is 3.43. The molecule has 0 spiro atoms. The summed E-state index contributed by atoms with van der Waals surface area (Å²) in [5.41, 5.74) is 0.867. The summed E-state index contributed by atoms with van der Waals surface area (Å²) in [7, 11) is 2.84. The van der Waals surface area contributed by atoms with Gasteiger partial charge in [-0.1, -0.05) is 41.9 Å². The molecule has 0 aliphatic rings. The van der Waals surface area contributed by atoms with E-state index < -0.39 is 11.6 Å². The molecular formula is C25H20Cl2F2N2O3. The summed E-state index contributed by atoms with van der Waals surface area (Å²) < 4.78 is 39.8. The molecule has 1 aromatic heterocycles. The van der Waals surface area contributed by atoms with Crippen molar-refractivity contribution in [1.29, 1.82) is 0 Å². The lowest BCUT2D eigenvalue weighted by molar-refractivity contribution is -0.114. The fourth-order valence-electron chi connectivity index (χ4n) is 3.09. The number of carbonyl (C=O) groups excluding carboxylic acids is 1. The van der Waals surface area contributed by atoms with Crippen LogP contribution in [0, 0.1) is 5.82 Å². The summed E-state index contributed by atoms with van der Waals surface area (Å²) in [5, 5.41) is 3.09. The standard InChI is InChI=1S/C25H20Cl2F2N2O3/c1-4-16(32)10-14-6-5-7-18(28)25(14)31-22-9-8-15(13-30-22)19(29)11-17-23(26)20(33-2)12-21(34-3)24(17)27/h4-9,11-13H,1,10H2,2-3H3,(H,30,31)/b19-11-. The maximum Gasteiger partial charge on any atom is 0.159 e. The number of benzene rings is 2. The molecule has 176 valence electrons. The molecule has 3 aromatic rings. The van der Waals surface area contributed by atoms with E-state index in [0.29, 0.717) is 5.56 Å². The van der Waals surface area contributed by atoms with Crippen LogP contribution in [-0.4, -0.2) is 25.0 Å². The number of methoxy groups -OCH3 is 2. The minimum Gasteiger partial charge on any atom is -0.495 e. The van der Waals surface area contributed by atoms with E-state index in [1.54, 1.807) is 6.07 Å². The summed E-state index contributed by atoms with van der Waals surface area (Å²) >= 11 is 12.6. The first-order chi connectivity index (χ1) is 16.3. The van der Waals surface area contributed by atoms with Gasteiger partial charge in [-0.25, -0.2) is 13.8 Å². The second-order valence-corrected chi connectivity index (χ2v) is 7.75. The van der Waals surface area contributed by atoms with Crippen molar-refractivity contribution >= 4 is 52.4 Å². The topological polar surface area (TPSA) is 60.5 Å². The highest BCUT2D eigenvalue weighted by Gasteiger charge is 2.17. The summed E-state index contributed by atoms with van der Waals surface area (Å²) in [5.74, 6) is -0.668. The lowest BCUT2D eigenvalue weighted by Gasteiger charge is -2.13. The molecule has 0 aliphatic heterocycles. The van der Waals surface area contributed by atoms with E-state index in [-0.39, 0.29) is 56.4 Å². The number of ketones is 1. The molecule has 0 radical (unpaired) electrons. The molecule has 0 bridgehead atoms. The van der Waals surface area contributed by atoms with E-state index in [1.807, 2.05) is 0 Å². The van der Waals surface area contributed by atoms with Gasteiger partial charge in [0, 0.05) is 29.8 Å². The zero-order valence-corrected chi connectivity index (χ0v) is 19.8. The maximum atomic E-state index is 15.0. The second-order valence-electron chi connectivity index (χ2n) is 6.99. The van der Waals surface area contributed by atoms with Crippen LogP contribution in [0.5, 0.6) is 11.5 Å². The second kappa shape index (κ2) is 11.1. The van der Waals surface area contributed by atoms with Gasteiger partial charge in [-0.15, -0.1) is 0 Å². The average Bonchev–Trinajstić information content (AvgIpc) is 2.84. The molecule has 34 heavy (non-hydrogen) atoms. The largest absolute Gasteiger partial charge is 0.495 e. The van der Waals surface area contributed by atoms with Crippen molar-refractivity contribution in [3.63, 3.8) is 0 Å². The number of hydrogen-bond donors (Lipinski definition) is 1. The van der Waals surface area contributed by atoms with Crippen molar-refractivity contribution in [2.75, 3.05) is 19.5 Å². The summed E-state index contributed by atoms with van der Waals surface area (Å²) in [6.07, 6.45) is 3.57. The zero-order chi connectivity index (χ0) is 24.8. The van der Waals surface area contributed by atoms with Crippen LogP contribution in [0.15, 0.2) is 55.3 Å². The number of rotatable bonds is 9. The van der Waals surface area contributed by atoms with Gasteiger partial charge < -0.3 is 14.8 Å². The molecule has 2 aromatic carbocycles. The highest BCUT2D eigenvalue weighted by Crippen LogP contribution is 2.42. The molecule has 0 aliphatic carbocycles. The van der Waals surface area contributed by atoms with Gasteiger partial charge in [-0.3, -0.25) is 4.79 Å². The van der Waals surface area contributed by atoms with Crippen LogP contribution in [0.1, 0.15) is 16.7 Å². The summed E-state index contributed by atoms with van der Waals surface area (Å²) in [6, 6.07) is 8.82. The van der Waals surface area contributed by atoms with Crippen molar-refractivity contribution in [3.05, 3.63) is 87.8 Å². The van der Waals surface area contributed by atoms with E-state index >= 15 is 4.39 Å². The number of ether oxygens (including phenoxy) is 2. The van der Waals surface area contributed by atoms with Crippen LogP contribution in [0.25, 0.3) is 11.9 Å². The van der Waals surface area contributed by atoms with Crippen LogP contribution < -0.4 is 14.8 Å². The first-order valence-corrected chi connectivity index (χ1v) is 10.7. The number of nitrogens with zero attached hydrogens (tertiary/aromatic N) is 1. The average molecular weight is 505 g/mol. The lowest BCUT2D eigenvalue weighted by atomic mass is 10.1. The molecule has 0 amide bonds. The normalized spacial score (nSPS) is 11.2. The van der Waals surface area contributed by atoms with Crippen molar-refractivity contribution in [2.45, 2.75) is 6.42 Å². The number of aromatic nitrogens is 1. The van der Waals surface area contributed by atoms with Gasteiger partial charge in [0.15, 0.2) is 5.78 Å². The maximum absolute atomic E-state index is 15.0. The van der Waals surface area contributed by atoms with E-state index in [2.05, 4.69) is 16.9 Å². The molecule has 0 saturated heterocycles. The smallest absolute Gasteiger partial charge is 0.159 e. The Balaban J connectivity index is 1.90. The third-order valence-corrected chi connectivity index (χ3v) is 5.64. The molecule has 0 atom stereocenters. The Morgan fingerprint density at radius 2 is 1.82 bits per heavy atom. The molecule has 1 heterocycles. The monoisotopic (exact) mass is 504 g/mol. The highest BCUT2D eigenvalue weighted by atomic mass is 35.5. The van der Waals surface area contributed by atoms with Gasteiger partial charge in [0.1, 0.15) is 29.0 Å². The van der Waals surface area contributed by atoms with Gasteiger partial charge in [0.25, 0.3) is 0 Å². The van der Waals surface area contributed by atoms with Gasteiger partial charge in [0.2, 0.25) is 0 Å². The van der Waals surface area contributed by atoms with Crippen molar-refractivity contribution < 1.29 is 23.0 Å². The van der Waals surface area contributed by atoms with Crippen LogP contribution in [-0.2, 0) is 11.2 Å². The molecule has 0 fully saturated rings. The molecule has 3 rings (SSSR count). The molecule has 0 unspecified atom stereocenters. The Kier molecular flexibility index (Phi) is 8.26. The quantitative estimate of drug-likeness (QED) is 0.316. The number of carbonyl (C=O) groups is 1. The number of nitrogens with one attached hydrogen (secondary N) is 1. The minimum atomic E-state index is -0.665. The van der Waals surface area contributed by atoms with Gasteiger partial charge in [-0.2, -0.15) is 0 Å². The first-order valence-electron chi connectivity index (χ1n) is 9.92. The first kappa shape index (κ1) is 25.2. The van der Waals surface area contributed by atoms with Gasteiger partial charge >= 0.3 is 0 Å². The minimum absolute atomic E-state index is 0.0233. The molecule has 5 nitrogen and oxygen atoms in total. The van der Waals surface area contributed by atoms with E-state index in [1.165, 1.54) is 56.8 Å². The zero-order valence-electron chi connectivity index (χ0n) is 18.3. The van der Waals surface area contributed by atoms with Crippen LogP contribution in [0.4, 0.5) is 20.3 Å². The van der Waals surface area contributed by atoms with E-state index in [4.69, 9.17) is 32.7 Å². The fourth-order valence-corrected chi connectivity index (χ4v) is 3.70. The lowest BCUT2D eigenvalue weighted by Crippen LogP contribution is -2.05. The third kappa shape index (κ3) is 5.55. The molecular weight excluding hydrogens is 485 g/mol. The van der Waals surface area contributed by atoms with Crippen LogP contribution in [0.3, 0.4) is 0 Å². The highest BCUT2D eigenvalue weighted by molar-refractivity contribution is 6.39. The Labute approximate surface area is 205 Å². The number of halogens is 4. The number of para-hydroxylation sites is 1.